The Hall–Kier alpha value is -0.610. The number of amides is 1. The molecular formula is C16H29N3O. The zero-order chi connectivity index (χ0) is 14.2. The van der Waals surface area contributed by atoms with Crippen LogP contribution in [-0.2, 0) is 4.79 Å². The van der Waals surface area contributed by atoms with Crippen LogP contribution < -0.4 is 5.32 Å². The first kappa shape index (κ1) is 14.3. The number of likely N-dealkylation sites (N-methyl/N-ethyl adjacent to an activating group) is 1. The fourth-order valence-electron chi connectivity index (χ4n) is 4.43. The molecule has 3 fully saturated rings. The molecular weight excluding hydrogens is 250 g/mol. The standard InChI is InChI=1S/C16H29N3O/c1-3-16(8-4-9-17-12-16)15(20)19-10-7-13-5-6-14(11-19)18(13)2/h13-14,17H,3-12H2,1-2H3. The van der Waals surface area contributed by atoms with Crippen LogP contribution in [0.5, 0.6) is 0 Å². The van der Waals surface area contributed by atoms with E-state index in [4.69, 9.17) is 0 Å². The third-order valence-corrected chi connectivity index (χ3v) is 6.04. The molecule has 4 nitrogen and oxygen atoms in total. The Balaban J connectivity index is 1.73. The summed E-state index contributed by atoms with van der Waals surface area (Å²) < 4.78 is 0. The van der Waals surface area contributed by atoms with Gasteiger partial charge in [0.15, 0.2) is 0 Å². The van der Waals surface area contributed by atoms with Gasteiger partial charge in [-0.05, 0) is 52.1 Å². The number of likely N-dealkylation sites (tertiary alicyclic amines) is 1. The number of nitrogens with zero attached hydrogens (tertiary/aromatic N) is 2. The zero-order valence-electron chi connectivity index (χ0n) is 13.0. The second kappa shape index (κ2) is 5.64. The molecule has 3 aliphatic heterocycles. The minimum atomic E-state index is -0.125. The maximum Gasteiger partial charge on any atom is 0.230 e. The Morgan fingerprint density at radius 3 is 2.80 bits per heavy atom. The van der Waals surface area contributed by atoms with Gasteiger partial charge in [0.25, 0.3) is 0 Å². The van der Waals surface area contributed by atoms with Crippen molar-refractivity contribution in [2.24, 2.45) is 5.41 Å². The first-order chi connectivity index (χ1) is 9.66. The van der Waals surface area contributed by atoms with Crippen LogP contribution in [0.1, 0.15) is 45.4 Å². The van der Waals surface area contributed by atoms with Gasteiger partial charge in [0.1, 0.15) is 0 Å². The molecule has 3 saturated heterocycles. The quantitative estimate of drug-likeness (QED) is 0.831. The smallest absolute Gasteiger partial charge is 0.230 e. The third-order valence-electron chi connectivity index (χ3n) is 6.04. The zero-order valence-corrected chi connectivity index (χ0v) is 13.0. The molecule has 114 valence electrons. The van der Waals surface area contributed by atoms with E-state index in [1.165, 1.54) is 12.8 Å². The number of rotatable bonds is 2. The van der Waals surface area contributed by atoms with Crippen LogP contribution in [0.2, 0.25) is 0 Å². The predicted molar refractivity (Wildman–Crippen MR) is 80.6 cm³/mol. The maximum atomic E-state index is 13.1. The van der Waals surface area contributed by atoms with Crippen molar-refractivity contribution in [3.63, 3.8) is 0 Å². The molecule has 0 spiro atoms. The second-order valence-corrected chi connectivity index (χ2v) is 7.00. The topological polar surface area (TPSA) is 35.6 Å². The Bertz CT molecular complexity index is 365. The SMILES string of the molecule is CCC1(C(=O)N2CCC3CCC(C2)N3C)CCCNC1. The van der Waals surface area contributed by atoms with Gasteiger partial charge < -0.3 is 10.2 Å². The molecule has 0 aromatic heterocycles. The van der Waals surface area contributed by atoms with Gasteiger partial charge in [-0.1, -0.05) is 6.92 Å². The number of nitrogens with one attached hydrogen (secondary N) is 1. The van der Waals surface area contributed by atoms with E-state index in [0.29, 0.717) is 18.0 Å². The van der Waals surface area contributed by atoms with E-state index in [9.17, 15) is 4.79 Å². The molecule has 3 aliphatic rings. The molecule has 4 heteroatoms. The summed E-state index contributed by atoms with van der Waals surface area (Å²) >= 11 is 0. The third kappa shape index (κ3) is 2.37. The summed E-state index contributed by atoms with van der Waals surface area (Å²) in [4.78, 5) is 17.8. The fourth-order valence-corrected chi connectivity index (χ4v) is 4.43. The molecule has 0 radical (unpaired) electrons. The molecule has 3 heterocycles. The summed E-state index contributed by atoms with van der Waals surface area (Å²) in [5.41, 5.74) is -0.125. The maximum absolute atomic E-state index is 13.1. The number of piperidine rings is 1. The van der Waals surface area contributed by atoms with Gasteiger partial charge in [-0.2, -0.15) is 0 Å². The molecule has 3 rings (SSSR count). The van der Waals surface area contributed by atoms with Crippen LogP contribution in [-0.4, -0.2) is 61.0 Å². The first-order valence-electron chi connectivity index (χ1n) is 8.38. The van der Waals surface area contributed by atoms with Gasteiger partial charge in [0, 0.05) is 31.7 Å². The lowest BCUT2D eigenvalue weighted by molar-refractivity contribution is -0.144. The normalized spacial score (nSPS) is 38.8. The minimum Gasteiger partial charge on any atom is -0.341 e. The number of fused-ring (bicyclic) bond motifs is 2. The monoisotopic (exact) mass is 279 g/mol. The van der Waals surface area contributed by atoms with Crippen molar-refractivity contribution in [1.82, 2.24) is 15.1 Å². The average Bonchev–Trinajstić information content (AvgIpc) is 2.72. The van der Waals surface area contributed by atoms with E-state index in [-0.39, 0.29) is 5.41 Å². The Morgan fingerprint density at radius 1 is 1.30 bits per heavy atom. The van der Waals surface area contributed by atoms with Gasteiger partial charge in [-0.3, -0.25) is 9.69 Å². The molecule has 2 bridgehead atoms. The molecule has 0 aromatic rings. The van der Waals surface area contributed by atoms with Gasteiger partial charge in [0.2, 0.25) is 5.91 Å². The summed E-state index contributed by atoms with van der Waals surface area (Å²) in [7, 11) is 2.24. The average molecular weight is 279 g/mol. The van der Waals surface area contributed by atoms with E-state index in [2.05, 4.69) is 29.1 Å². The van der Waals surface area contributed by atoms with Crippen molar-refractivity contribution in [2.75, 3.05) is 33.2 Å². The van der Waals surface area contributed by atoms with Crippen LogP contribution in [0.3, 0.4) is 0 Å². The van der Waals surface area contributed by atoms with Crippen molar-refractivity contribution in [3.05, 3.63) is 0 Å². The van der Waals surface area contributed by atoms with Gasteiger partial charge >= 0.3 is 0 Å². The van der Waals surface area contributed by atoms with Crippen LogP contribution >= 0.6 is 0 Å². The minimum absolute atomic E-state index is 0.125. The molecule has 1 N–H and O–H groups in total. The lowest BCUT2D eigenvalue weighted by Crippen LogP contribution is -2.53. The lowest BCUT2D eigenvalue weighted by atomic mass is 9.77. The Labute approximate surface area is 122 Å². The molecule has 1 amide bonds. The lowest BCUT2D eigenvalue weighted by Gasteiger charge is -2.40. The summed E-state index contributed by atoms with van der Waals surface area (Å²) in [5, 5.41) is 3.45. The molecule has 3 atom stereocenters. The summed E-state index contributed by atoms with van der Waals surface area (Å²) in [6.07, 6.45) is 6.92. The second-order valence-electron chi connectivity index (χ2n) is 7.00. The Kier molecular flexibility index (Phi) is 4.04. The highest BCUT2D eigenvalue weighted by molar-refractivity contribution is 5.83. The van der Waals surface area contributed by atoms with Crippen LogP contribution in [0.4, 0.5) is 0 Å². The molecule has 20 heavy (non-hydrogen) atoms. The summed E-state index contributed by atoms with van der Waals surface area (Å²) in [6.45, 7) is 6.05. The van der Waals surface area contributed by atoms with E-state index >= 15 is 0 Å². The summed E-state index contributed by atoms with van der Waals surface area (Å²) in [6, 6.07) is 1.30. The van der Waals surface area contributed by atoms with Crippen molar-refractivity contribution in [3.8, 4) is 0 Å². The predicted octanol–water partition coefficient (Wildman–Crippen LogP) is 1.46. The van der Waals surface area contributed by atoms with E-state index in [1.807, 2.05) is 0 Å². The van der Waals surface area contributed by atoms with E-state index in [0.717, 1.165) is 51.9 Å². The highest BCUT2D eigenvalue weighted by atomic mass is 16.2. The molecule has 0 aliphatic carbocycles. The molecule has 3 unspecified atom stereocenters. The van der Waals surface area contributed by atoms with Gasteiger partial charge in [0.05, 0.1) is 5.41 Å². The van der Waals surface area contributed by atoms with Crippen molar-refractivity contribution >= 4 is 5.91 Å². The van der Waals surface area contributed by atoms with Crippen LogP contribution in [0.15, 0.2) is 0 Å². The molecule has 0 saturated carbocycles. The number of carbonyl (C=O) groups excluding carboxylic acids is 1. The number of hydrogen-bond acceptors (Lipinski definition) is 3. The summed E-state index contributed by atoms with van der Waals surface area (Å²) in [5.74, 6) is 0.424. The van der Waals surface area contributed by atoms with E-state index in [1.54, 1.807) is 0 Å². The number of hydrogen-bond donors (Lipinski definition) is 1. The molecule has 0 aromatic carbocycles. The van der Waals surface area contributed by atoms with Crippen molar-refractivity contribution in [2.45, 2.75) is 57.5 Å². The highest BCUT2D eigenvalue weighted by Gasteiger charge is 2.43. The fraction of sp³-hybridized carbons (Fsp3) is 0.938. The van der Waals surface area contributed by atoms with Gasteiger partial charge in [-0.15, -0.1) is 0 Å². The highest BCUT2D eigenvalue weighted by Crippen LogP contribution is 2.35. The van der Waals surface area contributed by atoms with Crippen molar-refractivity contribution in [1.29, 1.82) is 0 Å². The van der Waals surface area contributed by atoms with Gasteiger partial charge in [-0.25, -0.2) is 0 Å². The van der Waals surface area contributed by atoms with E-state index < -0.39 is 0 Å². The largest absolute Gasteiger partial charge is 0.341 e. The number of carbonyl (C=O) groups is 1. The Morgan fingerprint density at radius 2 is 2.10 bits per heavy atom. The first-order valence-corrected chi connectivity index (χ1v) is 8.38. The van der Waals surface area contributed by atoms with Crippen LogP contribution in [0, 0.1) is 5.41 Å². The van der Waals surface area contributed by atoms with Crippen molar-refractivity contribution < 1.29 is 4.79 Å². The van der Waals surface area contributed by atoms with Crippen LogP contribution in [0.25, 0.3) is 0 Å².